The highest BCUT2D eigenvalue weighted by Gasteiger charge is 2.28. The third kappa shape index (κ3) is 6.53. The monoisotopic (exact) mass is 614 g/mol. The van der Waals surface area contributed by atoms with Crippen LogP contribution in [-0.2, 0) is 17.8 Å². The van der Waals surface area contributed by atoms with Gasteiger partial charge < -0.3 is 25.7 Å². The number of fused-ring (bicyclic) bond motifs is 1. The van der Waals surface area contributed by atoms with Crippen molar-refractivity contribution in [1.82, 2.24) is 14.5 Å². The van der Waals surface area contributed by atoms with Crippen molar-refractivity contribution < 1.29 is 13.9 Å². The number of benzene rings is 4. The van der Waals surface area contributed by atoms with Crippen LogP contribution in [0.1, 0.15) is 36.8 Å². The first-order chi connectivity index (χ1) is 22.4. The first-order valence-corrected chi connectivity index (χ1v) is 15.3. The lowest BCUT2D eigenvalue weighted by Crippen LogP contribution is -2.24. The molecule has 2 aromatic heterocycles. The van der Waals surface area contributed by atoms with E-state index in [1.54, 1.807) is 16.8 Å². The summed E-state index contributed by atoms with van der Waals surface area (Å²) in [6, 6.07) is 29.3. The van der Waals surface area contributed by atoms with Crippen molar-refractivity contribution in [2.75, 3.05) is 23.0 Å². The van der Waals surface area contributed by atoms with E-state index in [9.17, 15) is 4.79 Å². The van der Waals surface area contributed by atoms with Crippen LogP contribution in [0.15, 0.2) is 109 Å². The highest BCUT2D eigenvalue weighted by atomic mass is 19.1. The summed E-state index contributed by atoms with van der Waals surface area (Å²) in [5.74, 6) is 0.330. The molecular weight excluding hydrogens is 579 g/mol. The number of hydrogen-bond acceptors (Lipinski definition) is 6. The standard InChI is InChI=1S/C37H35FN6O2/c1-3-24-19-30(34(38)32(20-24)46-4-2)35(42-28-15-16-29-26(21-28)17-18-40-36(29)39)37-43-31(25-11-7-5-8-12-25)22-44(37)23-33(45)41-27-13-9-6-10-14-27/h5-22,35,42H,3-4,23H2,1-2H3,(H2,39,40)(H,41,45). The number of anilines is 3. The molecule has 1 amide bonds. The number of nitrogens with zero attached hydrogens (tertiary/aromatic N) is 3. The Bertz CT molecular complexity index is 1980. The van der Waals surface area contributed by atoms with Crippen molar-refractivity contribution in [3.63, 3.8) is 0 Å². The van der Waals surface area contributed by atoms with E-state index in [1.807, 2.05) is 111 Å². The maximum atomic E-state index is 16.4. The molecule has 0 aliphatic rings. The molecule has 0 saturated carbocycles. The fourth-order valence-electron chi connectivity index (χ4n) is 5.50. The van der Waals surface area contributed by atoms with E-state index < -0.39 is 11.9 Å². The van der Waals surface area contributed by atoms with E-state index in [2.05, 4.69) is 15.6 Å². The van der Waals surface area contributed by atoms with Crippen LogP contribution in [0.4, 0.5) is 21.6 Å². The van der Waals surface area contributed by atoms with Gasteiger partial charge in [-0.2, -0.15) is 0 Å². The lowest BCUT2D eigenvalue weighted by molar-refractivity contribution is -0.116. The number of ether oxygens (including phenoxy) is 1. The number of pyridine rings is 1. The van der Waals surface area contributed by atoms with Crippen molar-refractivity contribution in [2.24, 2.45) is 0 Å². The summed E-state index contributed by atoms with van der Waals surface area (Å²) in [6.45, 7) is 4.11. The van der Waals surface area contributed by atoms with Crippen molar-refractivity contribution in [3.8, 4) is 17.0 Å². The molecule has 0 saturated heterocycles. The van der Waals surface area contributed by atoms with Crippen LogP contribution < -0.4 is 21.1 Å². The number of carbonyl (C=O) groups excluding carboxylic acids is 1. The quantitative estimate of drug-likeness (QED) is 0.139. The number of halogens is 1. The molecule has 1 atom stereocenters. The maximum absolute atomic E-state index is 16.4. The Balaban J connectivity index is 1.51. The summed E-state index contributed by atoms with van der Waals surface area (Å²) >= 11 is 0. The first kappa shape index (κ1) is 30.3. The number of rotatable bonds is 11. The Kier molecular flexibility index (Phi) is 8.91. The molecular formula is C37H35FN6O2. The lowest BCUT2D eigenvalue weighted by atomic mass is 9.99. The number of amides is 1. The molecule has 1 unspecified atom stereocenters. The number of aromatic nitrogens is 3. The van der Waals surface area contributed by atoms with Gasteiger partial charge in [-0.15, -0.1) is 0 Å². The summed E-state index contributed by atoms with van der Waals surface area (Å²) < 4.78 is 24.0. The summed E-state index contributed by atoms with van der Waals surface area (Å²) in [6.07, 6.45) is 4.16. The molecule has 232 valence electrons. The van der Waals surface area contributed by atoms with Crippen LogP contribution in [0.25, 0.3) is 22.0 Å². The smallest absolute Gasteiger partial charge is 0.244 e. The Morgan fingerprint density at radius 3 is 2.46 bits per heavy atom. The molecule has 46 heavy (non-hydrogen) atoms. The second-order valence-corrected chi connectivity index (χ2v) is 10.9. The molecule has 0 spiro atoms. The van der Waals surface area contributed by atoms with E-state index in [0.29, 0.717) is 47.3 Å². The van der Waals surface area contributed by atoms with Gasteiger partial charge in [0.25, 0.3) is 0 Å². The van der Waals surface area contributed by atoms with E-state index in [1.165, 1.54) is 0 Å². The lowest BCUT2D eigenvalue weighted by Gasteiger charge is -2.24. The number of nitrogens with two attached hydrogens (primary N) is 1. The zero-order valence-corrected chi connectivity index (χ0v) is 25.7. The molecule has 0 radical (unpaired) electrons. The maximum Gasteiger partial charge on any atom is 0.244 e. The summed E-state index contributed by atoms with van der Waals surface area (Å²) in [4.78, 5) is 22.6. The van der Waals surface area contributed by atoms with Gasteiger partial charge in [0, 0.05) is 40.3 Å². The van der Waals surface area contributed by atoms with E-state index in [0.717, 1.165) is 21.9 Å². The SMILES string of the molecule is CCOc1cc(CC)cc(C(Nc2ccc3c(N)nccc3c2)c2nc(-c3ccccc3)cn2CC(=O)Nc2ccccc2)c1F. The number of imidazole rings is 1. The van der Waals surface area contributed by atoms with Crippen LogP contribution in [0.3, 0.4) is 0 Å². The molecule has 0 fully saturated rings. The molecule has 4 N–H and O–H groups in total. The molecule has 2 heterocycles. The highest BCUT2D eigenvalue weighted by molar-refractivity contribution is 5.93. The van der Waals surface area contributed by atoms with Crippen molar-refractivity contribution >= 4 is 33.9 Å². The molecule has 0 bridgehead atoms. The summed E-state index contributed by atoms with van der Waals surface area (Å²) in [5.41, 5.74) is 10.3. The van der Waals surface area contributed by atoms with E-state index >= 15 is 4.39 Å². The summed E-state index contributed by atoms with van der Waals surface area (Å²) in [7, 11) is 0. The Morgan fingerprint density at radius 1 is 0.957 bits per heavy atom. The van der Waals surface area contributed by atoms with Gasteiger partial charge in [-0.25, -0.2) is 14.4 Å². The van der Waals surface area contributed by atoms with Crippen LogP contribution in [0, 0.1) is 5.82 Å². The fourth-order valence-corrected chi connectivity index (χ4v) is 5.50. The second-order valence-electron chi connectivity index (χ2n) is 10.9. The van der Waals surface area contributed by atoms with Gasteiger partial charge in [-0.05, 0) is 66.8 Å². The first-order valence-electron chi connectivity index (χ1n) is 15.3. The van der Waals surface area contributed by atoms with Crippen LogP contribution in [0.2, 0.25) is 0 Å². The van der Waals surface area contributed by atoms with Gasteiger partial charge in [-0.3, -0.25) is 4.79 Å². The average molecular weight is 615 g/mol. The van der Waals surface area contributed by atoms with Crippen LogP contribution >= 0.6 is 0 Å². The van der Waals surface area contributed by atoms with Crippen molar-refractivity contribution in [3.05, 3.63) is 132 Å². The molecule has 9 heteroatoms. The van der Waals surface area contributed by atoms with Crippen LogP contribution in [-0.4, -0.2) is 27.0 Å². The largest absolute Gasteiger partial charge is 0.491 e. The number of aryl methyl sites for hydroxylation is 1. The van der Waals surface area contributed by atoms with E-state index in [4.69, 9.17) is 15.5 Å². The number of nitrogens with one attached hydrogen (secondary N) is 2. The zero-order valence-electron chi connectivity index (χ0n) is 25.7. The Hall–Kier alpha value is -5.70. The highest BCUT2D eigenvalue weighted by Crippen LogP contribution is 2.36. The van der Waals surface area contributed by atoms with Crippen LogP contribution in [0.5, 0.6) is 5.75 Å². The predicted octanol–water partition coefficient (Wildman–Crippen LogP) is 7.62. The number of hydrogen-bond donors (Lipinski definition) is 3. The Labute approximate surface area is 267 Å². The normalized spacial score (nSPS) is 11.7. The number of nitrogen functional groups attached to an aromatic ring is 1. The van der Waals surface area contributed by atoms with E-state index in [-0.39, 0.29) is 18.2 Å². The van der Waals surface area contributed by atoms with Gasteiger partial charge >= 0.3 is 0 Å². The molecule has 8 nitrogen and oxygen atoms in total. The molecule has 4 aromatic carbocycles. The number of carbonyl (C=O) groups is 1. The molecule has 6 rings (SSSR count). The molecule has 6 aromatic rings. The average Bonchev–Trinajstić information content (AvgIpc) is 3.49. The third-order valence-electron chi connectivity index (χ3n) is 7.76. The minimum Gasteiger partial charge on any atom is -0.491 e. The third-order valence-corrected chi connectivity index (χ3v) is 7.76. The van der Waals surface area contributed by atoms with Gasteiger partial charge in [0.05, 0.1) is 12.3 Å². The van der Waals surface area contributed by atoms with Gasteiger partial charge in [0.2, 0.25) is 5.91 Å². The minimum atomic E-state index is -0.802. The molecule has 0 aliphatic carbocycles. The second kappa shape index (κ2) is 13.5. The number of para-hydroxylation sites is 1. The zero-order chi connectivity index (χ0) is 32.0. The van der Waals surface area contributed by atoms with Crippen molar-refractivity contribution in [1.29, 1.82) is 0 Å². The van der Waals surface area contributed by atoms with Gasteiger partial charge in [0.15, 0.2) is 11.6 Å². The topological polar surface area (TPSA) is 107 Å². The van der Waals surface area contributed by atoms with Gasteiger partial charge in [0.1, 0.15) is 24.2 Å². The van der Waals surface area contributed by atoms with Crippen molar-refractivity contribution in [2.45, 2.75) is 32.9 Å². The molecule has 0 aliphatic heterocycles. The van der Waals surface area contributed by atoms with Gasteiger partial charge in [-0.1, -0.05) is 61.5 Å². The fraction of sp³-hybridized carbons (Fsp3) is 0.162. The summed E-state index contributed by atoms with van der Waals surface area (Å²) in [5, 5.41) is 8.19. The Morgan fingerprint density at radius 2 is 1.72 bits per heavy atom. The minimum absolute atomic E-state index is 0.0461. The predicted molar refractivity (Wildman–Crippen MR) is 181 cm³/mol.